The van der Waals surface area contributed by atoms with Crippen molar-refractivity contribution in [2.24, 2.45) is 0 Å². The van der Waals surface area contributed by atoms with Crippen LogP contribution in [0.4, 0.5) is 5.69 Å². The maximum Gasteiger partial charge on any atom is 0.262 e. The van der Waals surface area contributed by atoms with Gasteiger partial charge >= 0.3 is 0 Å². The summed E-state index contributed by atoms with van der Waals surface area (Å²) in [7, 11) is -2.30. The molecule has 0 saturated carbocycles. The number of Topliss-reactive ketones (excluding diaryl/α,β-unsaturated/α-hetero) is 1. The molecule has 0 radical (unpaired) electrons. The molecular formula is C22H26N2O7S. The number of morpholine rings is 1. The third-order valence-electron chi connectivity index (χ3n) is 4.92. The number of sulfonamides is 1. The van der Waals surface area contributed by atoms with Gasteiger partial charge in [-0.05, 0) is 42.5 Å². The fraction of sp³-hybridized carbons (Fsp3) is 0.364. The molecule has 0 atom stereocenters. The van der Waals surface area contributed by atoms with E-state index in [2.05, 4.69) is 5.32 Å². The lowest BCUT2D eigenvalue weighted by Crippen LogP contribution is -2.40. The number of ketones is 1. The molecule has 0 unspecified atom stereocenters. The highest BCUT2D eigenvalue weighted by molar-refractivity contribution is 7.89. The first-order valence-corrected chi connectivity index (χ1v) is 11.6. The number of methoxy groups -OCH3 is 1. The Labute approximate surface area is 187 Å². The molecular weight excluding hydrogens is 436 g/mol. The second-order valence-electron chi connectivity index (χ2n) is 7.02. The Morgan fingerprint density at radius 1 is 1.09 bits per heavy atom. The van der Waals surface area contributed by atoms with E-state index in [9.17, 15) is 18.0 Å². The van der Waals surface area contributed by atoms with Crippen LogP contribution in [0.1, 0.15) is 23.7 Å². The van der Waals surface area contributed by atoms with Gasteiger partial charge in [-0.15, -0.1) is 0 Å². The average Bonchev–Trinajstić information content (AvgIpc) is 2.83. The first-order valence-electron chi connectivity index (χ1n) is 10.2. The second kappa shape index (κ2) is 10.6. The number of nitrogens with zero attached hydrogens (tertiary/aromatic N) is 1. The van der Waals surface area contributed by atoms with Crippen LogP contribution in [0.3, 0.4) is 0 Å². The van der Waals surface area contributed by atoms with Crippen LogP contribution < -0.4 is 14.8 Å². The van der Waals surface area contributed by atoms with Crippen molar-refractivity contribution in [3.63, 3.8) is 0 Å². The number of amides is 1. The predicted molar refractivity (Wildman–Crippen MR) is 118 cm³/mol. The van der Waals surface area contributed by atoms with Crippen LogP contribution in [-0.2, 0) is 19.6 Å². The van der Waals surface area contributed by atoms with Crippen LogP contribution in [-0.4, -0.2) is 64.4 Å². The molecule has 172 valence electrons. The Morgan fingerprint density at radius 2 is 1.78 bits per heavy atom. The van der Waals surface area contributed by atoms with Gasteiger partial charge in [0.2, 0.25) is 10.0 Å². The first-order chi connectivity index (χ1) is 15.3. The molecule has 1 amide bonds. The third kappa shape index (κ3) is 5.64. The van der Waals surface area contributed by atoms with Crippen LogP contribution in [0, 0.1) is 0 Å². The molecule has 0 bridgehead atoms. The Bertz CT molecular complexity index is 1060. The summed E-state index contributed by atoms with van der Waals surface area (Å²) in [6, 6.07) is 10.8. The molecule has 10 heteroatoms. The van der Waals surface area contributed by atoms with E-state index in [0.29, 0.717) is 36.7 Å². The van der Waals surface area contributed by atoms with E-state index in [1.807, 2.05) is 0 Å². The van der Waals surface area contributed by atoms with Crippen molar-refractivity contribution in [2.45, 2.75) is 18.2 Å². The van der Waals surface area contributed by atoms with Crippen molar-refractivity contribution in [1.82, 2.24) is 4.31 Å². The topological polar surface area (TPSA) is 111 Å². The molecule has 9 nitrogen and oxygen atoms in total. The molecule has 1 saturated heterocycles. The molecule has 2 aromatic rings. The van der Waals surface area contributed by atoms with Crippen LogP contribution in [0.15, 0.2) is 47.4 Å². The molecule has 2 aromatic carbocycles. The summed E-state index contributed by atoms with van der Waals surface area (Å²) in [5, 5.41) is 2.64. The molecule has 0 spiro atoms. The Morgan fingerprint density at radius 3 is 2.41 bits per heavy atom. The number of hydrogen-bond acceptors (Lipinski definition) is 7. The van der Waals surface area contributed by atoms with Gasteiger partial charge in [0.15, 0.2) is 12.4 Å². The molecule has 1 fully saturated rings. The first kappa shape index (κ1) is 23.7. The summed E-state index contributed by atoms with van der Waals surface area (Å²) in [6.45, 7) is 2.70. The molecule has 1 N–H and O–H groups in total. The molecule has 1 heterocycles. The van der Waals surface area contributed by atoms with Crippen molar-refractivity contribution in [3.05, 3.63) is 48.0 Å². The fourth-order valence-corrected chi connectivity index (χ4v) is 4.59. The van der Waals surface area contributed by atoms with Gasteiger partial charge in [0, 0.05) is 25.1 Å². The maximum absolute atomic E-state index is 12.9. The lowest BCUT2D eigenvalue weighted by molar-refractivity contribution is -0.118. The number of nitrogens with one attached hydrogen (secondary N) is 1. The van der Waals surface area contributed by atoms with Crippen molar-refractivity contribution >= 4 is 27.4 Å². The molecule has 1 aliphatic heterocycles. The molecule has 0 aromatic heterocycles. The Kier molecular flexibility index (Phi) is 7.84. The van der Waals surface area contributed by atoms with Gasteiger partial charge in [0.25, 0.3) is 5.91 Å². The maximum atomic E-state index is 12.9. The standard InChI is InChI=1S/C22H26N2O7S/c1-3-20(25)16-4-6-17(7-5-16)31-15-22(26)23-19-14-18(8-9-21(19)29-2)32(27,28)24-10-12-30-13-11-24/h4-9,14H,3,10-13,15H2,1-2H3,(H,23,26). The summed E-state index contributed by atoms with van der Waals surface area (Å²) in [5.74, 6) is 0.288. The second-order valence-corrected chi connectivity index (χ2v) is 8.95. The zero-order valence-electron chi connectivity index (χ0n) is 18.0. The van der Waals surface area contributed by atoms with Crippen LogP contribution in [0.2, 0.25) is 0 Å². The van der Waals surface area contributed by atoms with E-state index in [0.717, 1.165) is 0 Å². The molecule has 0 aliphatic carbocycles. The highest BCUT2D eigenvalue weighted by atomic mass is 32.2. The van der Waals surface area contributed by atoms with E-state index in [-0.39, 0.29) is 36.1 Å². The Balaban J connectivity index is 1.68. The Hall–Kier alpha value is -2.95. The molecule has 1 aliphatic rings. The highest BCUT2D eigenvalue weighted by Gasteiger charge is 2.27. The lowest BCUT2D eigenvalue weighted by atomic mass is 10.1. The van der Waals surface area contributed by atoms with Gasteiger partial charge in [0.05, 0.1) is 30.9 Å². The number of anilines is 1. The van der Waals surface area contributed by atoms with Gasteiger partial charge in [-0.3, -0.25) is 9.59 Å². The van der Waals surface area contributed by atoms with Gasteiger partial charge in [0.1, 0.15) is 11.5 Å². The van der Waals surface area contributed by atoms with E-state index >= 15 is 0 Å². The van der Waals surface area contributed by atoms with Gasteiger partial charge < -0.3 is 19.5 Å². The normalized spacial score (nSPS) is 14.6. The zero-order chi connectivity index (χ0) is 23.1. The van der Waals surface area contributed by atoms with E-state index < -0.39 is 15.9 Å². The largest absolute Gasteiger partial charge is 0.495 e. The quantitative estimate of drug-likeness (QED) is 0.569. The number of ether oxygens (including phenoxy) is 3. The molecule has 32 heavy (non-hydrogen) atoms. The fourth-order valence-electron chi connectivity index (χ4n) is 3.16. The summed E-state index contributed by atoms with van der Waals surface area (Å²) in [4.78, 5) is 24.1. The highest BCUT2D eigenvalue weighted by Crippen LogP contribution is 2.29. The minimum Gasteiger partial charge on any atom is -0.495 e. The van der Waals surface area contributed by atoms with E-state index in [1.54, 1.807) is 31.2 Å². The van der Waals surface area contributed by atoms with Gasteiger partial charge in [-0.25, -0.2) is 8.42 Å². The van der Waals surface area contributed by atoms with Crippen molar-refractivity contribution < 1.29 is 32.2 Å². The molecule has 3 rings (SSSR count). The number of carbonyl (C=O) groups is 2. The van der Waals surface area contributed by atoms with E-state index in [4.69, 9.17) is 14.2 Å². The van der Waals surface area contributed by atoms with Crippen molar-refractivity contribution in [2.75, 3.05) is 45.3 Å². The lowest BCUT2D eigenvalue weighted by Gasteiger charge is -2.26. The van der Waals surface area contributed by atoms with E-state index in [1.165, 1.54) is 29.6 Å². The third-order valence-corrected chi connectivity index (χ3v) is 6.81. The van der Waals surface area contributed by atoms with Gasteiger partial charge in [-0.2, -0.15) is 4.31 Å². The van der Waals surface area contributed by atoms with Gasteiger partial charge in [-0.1, -0.05) is 6.92 Å². The van der Waals surface area contributed by atoms with Crippen LogP contribution in [0.25, 0.3) is 0 Å². The minimum absolute atomic E-state index is 0.0216. The predicted octanol–water partition coefficient (Wildman–Crippen LogP) is 2.33. The summed E-state index contributed by atoms with van der Waals surface area (Å²) in [6.07, 6.45) is 0.408. The number of benzene rings is 2. The van der Waals surface area contributed by atoms with Crippen LogP contribution in [0.5, 0.6) is 11.5 Å². The SMILES string of the molecule is CCC(=O)c1ccc(OCC(=O)Nc2cc(S(=O)(=O)N3CCOCC3)ccc2OC)cc1. The van der Waals surface area contributed by atoms with Crippen molar-refractivity contribution in [1.29, 1.82) is 0 Å². The smallest absolute Gasteiger partial charge is 0.262 e. The zero-order valence-corrected chi connectivity index (χ0v) is 18.8. The number of rotatable bonds is 9. The number of hydrogen-bond donors (Lipinski definition) is 1. The van der Waals surface area contributed by atoms with Crippen molar-refractivity contribution in [3.8, 4) is 11.5 Å². The summed E-state index contributed by atoms with van der Waals surface area (Å²) < 4.78 is 43.1. The summed E-state index contributed by atoms with van der Waals surface area (Å²) in [5.41, 5.74) is 0.798. The minimum atomic E-state index is -3.73. The summed E-state index contributed by atoms with van der Waals surface area (Å²) >= 11 is 0. The monoisotopic (exact) mass is 462 g/mol. The van der Waals surface area contributed by atoms with Crippen LogP contribution >= 0.6 is 0 Å². The average molecular weight is 463 g/mol. The number of carbonyl (C=O) groups excluding carboxylic acids is 2.